The molecule has 2 saturated heterocycles. The summed E-state index contributed by atoms with van der Waals surface area (Å²) in [7, 11) is 1.38. The zero-order valence-electron chi connectivity index (χ0n) is 17.6. The number of halogens is 1. The maximum absolute atomic E-state index is 13.1. The van der Waals surface area contributed by atoms with Gasteiger partial charge in [-0.05, 0) is 56.4 Å². The Balaban J connectivity index is 1.27. The third-order valence-corrected chi connectivity index (χ3v) is 6.80. The highest BCUT2D eigenvalue weighted by atomic mass is 19.1. The summed E-state index contributed by atoms with van der Waals surface area (Å²) in [5, 5.41) is 3.17. The van der Waals surface area contributed by atoms with Gasteiger partial charge < -0.3 is 15.0 Å². The molecule has 1 aromatic rings. The lowest BCUT2D eigenvalue weighted by Gasteiger charge is -2.35. The number of fused-ring (bicyclic) bond motifs is 1. The van der Waals surface area contributed by atoms with Gasteiger partial charge in [-0.1, -0.05) is 0 Å². The van der Waals surface area contributed by atoms with Crippen LogP contribution in [0.25, 0.3) is 0 Å². The highest BCUT2D eigenvalue weighted by Crippen LogP contribution is 2.31. The van der Waals surface area contributed by atoms with E-state index in [4.69, 9.17) is 4.74 Å². The molecule has 1 aliphatic carbocycles. The number of hydrogen-bond acceptors (Lipinski definition) is 6. The van der Waals surface area contributed by atoms with Crippen molar-refractivity contribution < 1.29 is 23.5 Å². The van der Waals surface area contributed by atoms with Crippen molar-refractivity contribution in [2.24, 2.45) is 11.8 Å². The van der Waals surface area contributed by atoms with Crippen LogP contribution in [0.2, 0.25) is 0 Å². The number of amides is 2. The molecular formula is C22H29FN4O4. The van der Waals surface area contributed by atoms with Crippen LogP contribution in [0.4, 0.5) is 4.39 Å². The van der Waals surface area contributed by atoms with Crippen LogP contribution in [0, 0.1) is 17.7 Å². The largest absolute Gasteiger partial charge is 0.468 e. The number of nitrogens with one attached hydrogen (secondary N) is 3. The minimum atomic E-state index is -0.393. The van der Waals surface area contributed by atoms with Crippen LogP contribution in [0.15, 0.2) is 24.3 Å². The summed E-state index contributed by atoms with van der Waals surface area (Å²) in [5.74, 6) is -0.820. The van der Waals surface area contributed by atoms with Crippen molar-refractivity contribution in [1.82, 2.24) is 21.1 Å². The molecule has 3 aliphatic rings. The third-order valence-electron chi connectivity index (χ3n) is 6.80. The number of hydrogen-bond donors (Lipinski definition) is 3. The smallest absolute Gasteiger partial charge is 0.324 e. The van der Waals surface area contributed by atoms with Gasteiger partial charge in [0.25, 0.3) is 5.91 Å². The summed E-state index contributed by atoms with van der Waals surface area (Å²) >= 11 is 0. The second-order valence-electron chi connectivity index (χ2n) is 8.65. The molecule has 2 amide bonds. The lowest BCUT2D eigenvalue weighted by atomic mass is 9.79. The number of rotatable bonds is 4. The Hall–Kier alpha value is -2.52. The number of methoxy groups -OCH3 is 1. The van der Waals surface area contributed by atoms with Gasteiger partial charge in [0.1, 0.15) is 11.9 Å². The lowest BCUT2D eigenvalue weighted by molar-refractivity contribution is -0.144. The molecule has 8 nitrogen and oxygen atoms in total. The van der Waals surface area contributed by atoms with Crippen molar-refractivity contribution in [3.05, 3.63) is 35.6 Å². The number of benzene rings is 1. The topological polar surface area (TPSA) is 99.8 Å². The minimum Gasteiger partial charge on any atom is -0.468 e. The minimum absolute atomic E-state index is 0.0193. The summed E-state index contributed by atoms with van der Waals surface area (Å²) in [4.78, 5) is 39.1. The van der Waals surface area contributed by atoms with Gasteiger partial charge in [-0.3, -0.25) is 19.8 Å². The Morgan fingerprint density at radius 1 is 1.06 bits per heavy atom. The first-order valence-electron chi connectivity index (χ1n) is 10.9. The van der Waals surface area contributed by atoms with E-state index in [0.29, 0.717) is 31.5 Å². The molecule has 2 aliphatic heterocycles. The molecule has 0 bridgehead atoms. The Kier molecular flexibility index (Phi) is 6.52. The lowest BCUT2D eigenvalue weighted by Crippen LogP contribution is -2.49. The van der Waals surface area contributed by atoms with Gasteiger partial charge >= 0.3 is 5.97 Å². The first-order chi connectivity index (χ1) is 15.0. The first-order valence-corrected chi connectivity index (χ1v) is 10.9. The van der Waals surface area contributed by atoms with Crippen LogP contribution in [0.5, 0.6) is 0 Å². The van der Waals surface area contributed by atoms with Gasteiger partial charge in [0, 0.05) is 42.6 Å². The van der Waals surface area contributed by atoms with Crippen LogP contribution >= 0.6 is 0 Å². The molecule has 4 rings (SSSR count). The molecule has 4 atom stereocenters. The van der Waals surface area contributed by atoms with Crippen LogP contribution in [-0.2, 0) is 14.3 Å². The average Bonchev–Trinajstić information content (AvgIpc) is 3.22. The predicted octanol–water partition coefficient (Wildman–Crippen LogP) is 0.981. The third kappa shape index (κ3) is 4.72. The van der Waals surface area contributed by atoms with Gasteiger partial charge in [-0.2, -0.15) is 0 Å². The van der Waals surface area contributed by atoms with E-state index < -0.39 is 6.04 Å². The molecule has 31 heavy (non-hydrogen) atoms. The number of carbonyl (C=O) groups excluding carboxylic acids is 3. The Morgan fingerprint density at radius 2 is 1.77 bits per heavy atom. The maximum atomic E-state index is 13.1. The van der Waals surface area contributed by atoms with Gasteiger partial charge in [-0.25, -0.2) is 9.82 Å². The van der Waals surface area contributed by atoms with E-state index in [1.54, 1.807) is 4.90 Å². The number of esters is 1. The number of hydrazine groups is 1. The highest BCUT2D eigenvalue weighted by molar-refractivity contribution is 5.94. The van der Waals surface area contributed by atoms with Crippen LogP contribution in [-0.4, -0.2) is 61.0 Å². The second-order valence-corrected chi connectivity index (χ2v) is 8.65. The highest BCUT2D eigenvalue weighted by Gasteiger charge is 2.44. The molecular weight excluding hydrogens is 403 g/mol. The molecule has 3 fully saturated rings. The standard InChI is InChI=1S/C22H29FN4O4/c1-31-22(30)19-17-12-16(6-7-18(17)25-26-19)24-20(28)13-8-10-27(11-9-13)21(29)14-2-4-15(23)5-3-14/h2-5,13,16-19,25-26H,6-12H2,1H3,(H,24,28). The summed E-state index contributed by atoms with van der Waals surface area (Å²) in [6.07, 6.45) is 3.66. The van der Waals surface area contributed by atoms with Crippen molar-refractivity contribution in [2.45, 2.75) is 50.2 Å². The monoisotopic (exact) mass is 432 g/mol. The van der Waals surface area contributed by atoms with Crippen molar-refractivity contribution in [3.63, 3.8) is 0 Å². The summed E-state index contributed by atoms with van der Waals surface area (Å²) in [6, 6.07) is 5.38. The normalized spacial score (nSPS) is 28.6. The molecule has 0 aromatic heterocycles. The zero-order chi connectivity index (χ0) is 22.0. The van der Waals surface area contributed by atoms with Gasteiger partial charge in [0.15, 0.2) is 0 Å². The van der Waals surface area contributed by atoms with Crippen molar-refractivity contribution in [1.29, 1.82) is 0 Å². The summed E-state index contributed by atoms with van der Waals surface area (Å²) < 4.78 is 18.0. The molecule has 9 heteroatoms. The van der Waals surface area contributed by atoms with E-state index in [2.05, 4.69) is 16.2 Å². The Bertz CT molecular complexity index is 825. The molecule has 1 aromatic carbocycles. The van der Waals surface area contributed by atoms with E-state index in [-0.39, 0.29) is 47.5 Å². The fraction of sp³-hybridized carbons (Fsp3) is 0.591. The number of nitrogens with zero attached hydrogens (tertiary/aromatic N) is 1. The van der Waals surface area contributed by atoms with Crippen molar-refractivity contribution >= 4 is 17.8 Å². The van der Waals surface area contributed by atoms with E-state index >= 15 is 0 Å². The van der Waals surface area contributed by atoms with Crippen molar-refractivity contribution in [3.8, 4) is 0 Å². The van der Waals surface area contributed by atoms with Crippen LogP contribution in [0.1, 0.15) is 42.5 Å². The molecule has 4 unspecified atom stereocenters. The molecule has 3 N–H and O–H groups in total. The number of likely N-dealkylation sites (tertiary alicyclic amines) is 1. The maximum Gasteiger partial charge on any atom is 0.324 e. The van der Waals surface area contributed by atoms with Gasteiger partial charge in [0.2, 0.25) is 5.91 Å². The average molecular weight is 432 g/mol. The van der Waals surface area contributed by atoms with E-state index in [9.17, 15) is 18.8 Å². The number of ether oxygens (including phenoxy) is 1. The summed E-state index contributed by atoms with van der Waals surface area (Å²) in [5.41, 5.74) is 6.65. The fourth-order valence-electron chi connectivity index (χ4n) is 4.99. The second kappa shape index (κ2) is 9.32. The molecule has 1 saturated carbocycles. The molecule has 168 valence electrons. The predicted molar refractivity (Wildman–Crippen MR) is 110 cm³/mol. The summed E-state index contributed by atoms with van der Waals surface area (Å²) in [6.45, 7) is 1.00. The van der Waals surface area contributed by atoms with Crippen molar-refractivity contribution in [2.75, 3.05) is 20.2 Å². The number of piperidine rings is 1. The van der Waals surface area contributed by atoms with E-state index in [1.165, 1.54) is 31.4 Å². The van der Waals surface area contributed by atoms with Crippen LogP contribution in [0.3, 0.4) is 0 Å². The quantitative estimate of drug-likeness (QED) is 0.614. The van der Waals surface area contributed by atoms with Crippen LogP contribution < -0.4 is 16.2 Å². The zero-order valence-corrected chi connectivity index (χ0v) is 17.6. The van der Waals surface area contributed by atoms with Gasteiger partial charge in [-0.15, -0.1) is 0 Å². The Morgan fingerprint density at radius 3 is 2.45 bits per heavy atom. The molecule has 0 spiro atoms. The Labute approximate surface area is 180 Å². The fourth-order valence-corrected chi connectivity index (χ4v) is 4.99. The molecule has 0 radical (unpaired) electrons. The van der Waals surface area contributed by atoms with E-state index in [1.807, 2.05) is 0 Å². The first kappa shape index (κ1) is 21.7. The number of carbonyl (C=O) groups is 3. The molecule has 2 heterocycles. The SMILES string of the molecule is COC(=O)C1NNC2CCC(NC(=O)C3CCN(C(=O)c4ccc(F)cc4)CC3)CC21. The van der Waals surface area contributed by atoms with Gasteiger partial charge in [0.05, 0.1) is 7.11 Å². The van der Waals surface area contributed by atoms with E-state index in [0.717, 1.165) is 19.3 Å².